The van der Waals surface area contributed by atoms with E-state index in [0.717, 1.165) is 23.5 Å². The fourth-order valence-corrected chi connectivity index (χ4v) is 3.21. The zero-order chi connectivity index (χ0) is 13.2. The number of carbonyl (C=O) groups excluding carboxylic acids is 1. The second-order valence-electron chi connectivity index (χ2n) is 4.92. The maximum atomic E-state index is 12.3. The monoisotopic (exact) mass is 272 g/mol. The van der Waals surface area contributed by atoms with Gasteiger partial charge >= 0.3 is 0 Å². The molecule has 1 aliphatic heterocycles. The lowest BCUT2D eigenvalue weighted by atomic mass is 10.1. The molecule has 1 aliphatic rings. The molecular weight excluding hydrogens is 256 g/mol. The largest absolute Gasteiger partial charge is 0.308 e. The smallest absolute Gasteiger partial charge is 0.212 e. The van der Waals surface area contributed by atoms with Gasteiger partial charge in [0.25, 0.3) is 0 Å². The first-order valence-electron chi connectivity index (χ1n) is 6.54. The minimum Gasteiger partial charge on any atom is -0.308 e. The van der Waals surface area contributed by atoms with E-state index in [1.165, 1.54) is 6.42 Å². The SMILES string of the molecule is Cc1ccc(C(=O)c2csc([C@@H]3CCCN3)n2)cc1. The van der Waals surface area contributed by atoms with Crippen molar-refractivity contribution in [3.63, 3.8) is 0 Å². The molecule has 2 heterocycles. The summed E-state index contributed by atoms with van der Waals surface area (Å²) in [4.78, 5) is 16.8. The van der Waals surface area contributed by atoms with Crippen molar-refractivity contribution in [2.45, 2.75) is 25.8 Å². The minimum atomic E-state index is 0.0143. The van der Waals surface area contributed by atoms with Crippen LogP contribution < -0.4 is 5.32 Å². The van der Waals surface area contributed by atoms with Crippen LogP contribution in [-0.2, 0) is 0 Å². The van der Waals surface area contributed by atoms with Gasteiger partial charge in [0.1, 0.15) is 10.7 Å². The molecule has 0 unspecified atom stereocenters. The Balaban J connectivity index is 1.82. The van der Waals surface area contributed by atoms with Crippen molar-refractivity contribution >= 4 is 17.1 Å². The van der Waals surface area contributed by atoms with Gasteiger partial charge in [-0.2, -0.15) is 0 Å². The maximum Gasteiger partial charge on any atom is 0.212 e. The van der Waals surface area contributed by atoms with E-state index in [4.69, 9.17) is 0 Å². The molecule has 1 atom stereocenters. The fourth-order valence-electron chi connectivity index (χ4n) is 2.30. The van der Waals surface area contributed by atoms with Gasteiger partial charge in [-0.15, -0.1) is 11.3 Å². The van der Waals surface area contributed by atoms with Gasteiger partial charge in [-0.3, -0.25) is 4.79 Å². The Morgan fingerprint density at radius 3 is 2.84 bits per heavy atom. The standard InChI is InChI=1S/C15H16N2OS/c1-10-4-6-11(7-5-10)14(18)13-9-19-15(17-13)12-3-2-8-16-12/h4-7,9,12,16H,2-3,8H2,1H3/t12-/m0/s1. The summed E-state index contributed by atoms with van der Waals surface area (Å²) in [6.45, 7) is 3.06. The predicted molar refractivity (Wildman–Crippen MR) is 76.7 cm³/mol. The van der Waals surface area contributed by atoms with Crippen LogP contribution in [0.3, 0.4) is 0 Å². The zero-order valence-electron chi connectivity index (χ0n) is 10.8. The third kappa shape index (κ3) is 2.60. The molecule has 4 heteroatoms. The molecule has 1 saturated heterocycles. The van der Waals surface area contributed by atoms with Gasteiger partial charge in [-0.25, -0.2) is 4.98 Å². The van der Waals surface area contributed by atoms with Crippen molar-refractivity contribution < 1.29 is 4.79 Å². The van der Waals surface area contributed by atoms with Gasteiger partial charge < -0.3 is 5.32 Å². The van der Waals surface area contributed by atoms with Crippen molar-refractivity contribution in [1.29, 1.82) is 0 Å². The number of benzene rings is 1. The van der Waals surface area contributed by atoms with Crippen LogP contribution >= 0.6 is 11.3 Å². The fraction of sp³-hybridized carbons (Fsp3) is 0.333. The van der Waals surface area contributed by atoms with Crippen LogP contribution in [0, 0.1) is 6.92 Å². The summed E-state index contributed by atoms with van der Waals surface area (Å²) >= 11 is 1.58. The highest BCUT2D eigenvalue weighted by Crippen LogP contribution is 2.26. The molecule has 1 N–H and O–H groups in total. The summed E-state index contributed by atoms with van der Waals surface area (Å²) < 4.78 is 0. The summed E-state index contributed by atoms with van der Waals surface area (Å²) in [7, 11) is 0. The Labute approximate surface area is 116 Å². The van der Waals surface area contributed by atoms with Crippen molar-refractivity contribution in [1.82, 2.24) is 10.3 Å². The highest BCUT2D eigenvalue weighted by molar-refractivity contribution is 7.10. The Morgan fingerprint density at radius 2 is 2.16 bits per heavy atom. The molecule has 3 rings (SSSR count). The van der Waals surface area contributed by atoms with E-state index in [0.29, 0.717) is 17.3 Å². The number of carbonyl (C=O) groups is 1. The summed E-state index contributed by atoms with van der Waals surface area (Å²) in [6.07, 6.45) is 2.30. The molecule has 19 heavy (non-hydrogen) atoms. The summed E-state index contributed by atoms with van der Waals surface area (Å²) in [5, 5.41) is 6.32. The number of aryl methyl sites for hydroxylation is 1. The van der Waals surface area contributed by atoms with Crippen LogP contribution in [0.25, 0.3) is 0 Å². The number of thiazole rings is 1. The first kappa shape index (κ1) is 12.5. The molecule has 0 radical (unpaired) electrons. The molecule has 2 aromatic rings. The number of ketones is 1. The zero-order valence-corrected chi connectivity index (χ0v) is 11.7. The Kier molecular flexibility index (Phi) is 3.44. The van der Waals surface area contributed by atoms with E-state index in [2.05, 4.69) is 10.3 Å². The second kappa shape index (κ2) is 5.23. The molecule has 0 amide bonds. The van der Waals surface area contributed by atoms with E-state index >= 15 is 0 Å². The van der Waals surface area contributed by atoms with Crippen LogP contribution in [-0.4, -0.2) is 17.3 Å². The van der Waals surface area contributed by atoms with Gasteiger partial charge in [-0.05, 0) is 26.3 Å². The first-order chi connectivity index (χ1) is 9.24. The van der Waals surface area contributed by atoms with E-state index in [1.54, 1.807) is 11.3 Å². The molecule has 1 fully saturated rings. The van der Waals surface area contributed by atoms with Gasteiger partial charge in [0.15, 0.2) is 0 Å². The van der Waals surface area contributed by atoms with Crippen LogP contribution in [0.1, 0.15) is 45.5 Å². The Morgan fingerprint density at radius 1 is 1.37 bits per heavy atom. The topological polar surface area (TPSA) is 42.0 Å². The van der Waals surface area contributed by atoms with Crippen molar-refractivity contribution in [2.75, 3.05) is 6.54 Å². The number of aromatic nitrogens is 1. The molecule has 1 aromatic carbocycles. The van der Waals surface area contributed by atoms with E-state index < -0.39 is 0 Å². The van der Waals surface area contributed by atoms with Crippen molar-refractivity contribution in [3.8, 4) is 0 Å². The molecule has 0 aliphatic carbocycles. The third-order valence-electron chi connectivity index (χ3n) is 3.43. The predicted octanol–water partition coefficient (Wildman–Crippen LogP) is 3.11. The van der Waals surface area contributed by atoms with Crippen LogP contribution in [0.5, 0.6) is 0 Å². The van der Waals surface area contributed by atoms with Crippen molar-refractivity contribution in [2.24, 2.45) is 0 Å². The van der Waals surface area contributed by atoms with Gasteiger partial charge in [0, 0.05) is 10.9 Å². The maximum absolute atomic E-state index is 12.3. The molecule has 98 valence electrons. The average molecular weight is 272 g/mol. The summed E-state index contributed by atoms with van der Waals surface area (Å²) in [5.41, 5.74) is 2.44. The lowest BCUT2D eigenvalue weighted by molar-refractivity contribution is 0.103. The summed E-state index contributed by atoms with van der Waals surface area (Å²) in [5.74, 6) is 0.0143. The molecule has 1 aromatic heterocycles. The van der Waals surface area contributed by atoms with Crippen LogP contribution in [0.2, 0.25) is 0 Å². The lowest BCUT2D eigenvalue weighted by Gasteiger charge is -2.04. The minimum absolute atomic E-state index is 0.0143. The number of nitrogens with one attached hydrogen (secondary N) is 1. The van der Waals surface area contributed by atoms with E-state index in [1.807, 2.05) is 36.6 Å². The molecular formula is C15H16N2OS. The lowest BCUT2D eigenvalue weighted by Crippen LogP contribution is -2.13. The first-order valence-corrected chi connectivity index (χ1v) is 7.42. The van der Waals surface area contributed by atoms with Gasteiger partial charge in [-0.1, -0.05) is 29.8 Å². The highest BCUT2D eigenvalue weighted by atomic mass is 32.1. The molecule has 0 spiro atoms. The quantitative estimate of drug-likeness (QED) is 0.873. The van der Waals surface area contributed by atoms with Gasteiger partial charge in [0.05, 0.1) is 6.04 Å². The number of nitrogens with zero attached hydrogens (tertiary/aromatic N) is 1. The van der Waals surface area contributed by atoms with Crippen LogP contribution in [0.15, 0.2) is 29.6 Å². The summed E-state index contributed by atoms with van der Waals surface area (Å²) in [6, 6.07) is 7.98. The second-order valence-corrected chi connectivity index (χ2v) is 5.80. The normalized spacial score (nSPS) is 18.7. The Bertz CT molecular complexity index is 582. The number of hydrogen-bond acceptors (Lipinski definition) is 4. The Hall–Kier alpha value is -1.52. The van der Waals surface area contributed by atoms with E-state index in [9.17, 15) is 4.79 Å². The van der Waals surface area contributed by atoms with E-state index in [-0.39, 0.29) is 5.78 Å². The van der Waals surface area contributed by atoms with Crippen molar-refractivity contribution in [3.05, 3.63) is 51.5 Å². The number of rotatable bonds is 3. The van der Waals surface area contributed by atoms with Gasteiger partial charge in [0.2, 0.25) is 5.78 Å². The van der Waals surface area contributed by atoms with Crippen LogP contribution in [0.4, 0.5) is 0 Å². The third-order valence-corrected chi connectivity index (χ3v) is 4.39. The average Bonchev–Trinajstić information content (AvgIpc) is 3.10. The molecule has 0 saturated carbocycles. The molecule has 0 bridgehead atoms. The number of hydrogen-bond donors (Lipinski definition) is 1. The highest BCUT2D eigenvalue weighted by Gasteiger charge is 2.21. The molecule has 3 nitrogen and oxygen atoms in total.